The third kappa shape index (κ3) is 9.53. The molecule has 2 aromatic carbocycles. The van der Waals surface area contributed by atoms with Crippen molar-refractivity contribution in [2.24, 2.45) is 0 Å². The summed E-state index contributed by atoms with van der Waals surface area (Å²) in [6, 6.07) is 23.5. The minimum Gasteiger partial charge on any atom is -0.326 e. The molecule has 0 atom stereocenters. The van der Waals surface area contributed by atoms with Crippen LogP contribution >= 0.6 is 0 Å². The molecule has 0 aliphatic rings. The summed E-state index contributed by atoms with van der Waals surface area (Å²) in [6.07, 6.45) is 10.8. The number of hydrogen-bond acceptors (Lipinski definition) is 2. The number of aromatic nitrogens is 4. The standard InChI is InChI=1S/C14H12N2O.C8H10.C7H6N2O.2C2H6.2CH4/c1-11-5-2-3-6-12(11)16-10-9-15-8-4-7-13(15)14(16)17;1-7-5-3-4-6-8(7)2;10-7-6-2-1-4-9(6)5-3-8-7;2*1-2;;/h2-10H,1H3;3-6H,1-2H3;1-5H,(H,8,10);2*1-2H3;2*1H4. The SMILES string of the molecule is C.C.CC.CC.Cc1ccccc1-n1ccn2cccc2c1=O.Cc1ccccc1C.O=c1[nH]ccn2cccc12. The minimum absolute atomic E-state index is 0. The first-order valence-electron chi connectivity index (χ1n) is 13.4. The van der Waals surface area contributed by atoms with Crippen molar-refractivity contribution in [2.75, 3.05) is 0 Å². The van der Waals surface area contributed by atoms with Crippen LogP contribution in [0.5, 0.6) is 0 Å². The zero-order valence-corrected chi connectivity index (χ0v) is 24.1. The van der Waals surface area contributed by atoms with Crippen LogP contribution in [0.1, 0.15) is 59.2 Å². The summed E-state index contributed by atoms with van der Waals surface area (Å²) in [4.78, 5) is 25.8. The number of aryl methyl sites for hydroxylation is 3. The molecule has 6 nitrogen and oxygen atoms in total. The number of fused-ring (bicyclic) bond motifs is 2. The molecular formula is C35H48N4O2. The second-order valence-electron chi connectivity index (χ2n) is 8.23. The van der Waals surface area contributed by atoms with Crippen LogP contribution in [0.25, 0.3) is 16.7 Å². The van der Waals surface area contributed by atoms with E-state index in [0.29, 0.717) is 11.0 Å². The van der Waals surface area contributed by atoms with Gasteiger partial charge >= 0.3 is 0 Å². The number of nitrogens with one attached hydrogen (secondary N) is 1. The molecule has 4 heterocycles. The first-order valence-corrected chi connectivity index (χ1v) is 13.4. The van der Waals surface area contributed by atoms with Gasteiger partial charge in [0.25, 0.3) is 11.1 Å². The number of nitrogens with zero attached hydrogens (tertiary/aromatic N) is 3. The summed E-state index contributed by atoms with van der Waals surface area (Å²) in [5, 5.41) is 0. The van der Waals surface area contributed by atoms with Crippen LogP contribution in [0.15, 0.2) is 120 Å². The summed E-state index contributed by atoms with van der Waals surface area (Å²) >= 11 is 0. The van der Waals surface area contributed by atoms with Crippen LogP contribution in [0, 0.1) is 20.8 Å². The summed E-state index contributed by atoms with van der Waals surface area (Å²) in [6.45, 7) is 14.2. The van der Waals surface area contributed by atoms with Gasteiger partial charge in [0.2, 0.25) is 0 Å². The van der Waals surface area contributed by atoms with Gasteiger partial charge < -0.3 is 13.8 Å². The van der Waals surface area contributed by atoms with Crippen molar-refractivity contribution in [2.45, 2.75) is 63.3 Å². The quantitative estimate of drug-likeness (QED) is 0.220. The highest BCUT2D eigenvalue weighted by Gasteiger charge is 2.05. The lowest BCUT2D eigenvalue weighted by molar-refractivity contribution is 0.949. The van der Waals surface area contributed by atoms with Crippen molar-refractivity contribution in [3.8, 4) is 5.69 Å². The fourth-order valence-electron chi connectivity index (χ4n) is 3.70. The lowest BCUT2D eigenvalue weighted by atomic mass is 10.1. The summed E-state index contributed by atoms with van der Waals surface area (Å²) in [7, 11) is 0. The van der Waals surface area contributed by atoms with Crippen molar-refractivity contribution in [1.82, 2.24) is 18.4 Å². The Labute approximate surface area is 245 Å². The third-order valence-corrected chi connectivity index (χ3v) is 5.85. The van der Waals surface area contributed by atoms with Gasteiger partial charge in [-0.25, -0.2) is 0 Å². The highest BCUT2D eigenvalue weighted by Crippen LogP contribution is 2.11. The molecule has 0 amide bonds. The molecule has 0 fully saturated rings. The predicted molar refractivity (Wildman–Crippen MR) is 178 cm³/mol. The highest BCUT2D eigenvalue weighted by molar-refractivity contribution is 5.49. The number of aromatic amines is 1. The van der Waals surface area contributed by atoms with Gasteiger partial charge in [-0.05, 0) is 67.8 Å². The van der Waals surface area contributed by atoms with Crippen LogP contribution in [0.2, 0.25) is 0 Å². The normalized spacial score (nSPS) is 9.15. The molecule has 6 rings (SSSR count). The van der Waals surface area contributed by atoms with E-state index in [1.54, 1.807) is 33.6 Å². The van der Waals surface area contributed by atoms with Gasteiger partial charge in [-0.15, -0.1) is 0 Å². The van der Waals surface area contributed by atoms with Gasteiger partial charge in [0.05, 0.1) is 5.69 Å². The number of rotatable bonds is 1. The fourth-order valence-corrected chi connectivity index (χ4v) is 3.70. The van der Waals surface area contributed by atoms with E-state index in [9.17, 15) is 9.59 Å². The predicted octanol–water partition coefficient (Wildman–Crippen LogP) is 8.65. The summed E-state index contributed by atoms with van der Waals surface area (Å²) < 4.78 is 5.29. The molecule has 0 saturated heterocycles. The topological polar surface area (TPSA) is 63.7 Å². The van der Waals surface area contributed by atoms with Gasteiger partial charge in [0.15, 0.2) is 0 Å². The van der Waals surface area contributed by atoms with Gasteiger partial charge in [0, 0.05) is 37.2 Å². The highest BCUT2D eigenvalue weighted by atomic mass is 16.1. The molecule has 0 aliphatic carbocycles. The lowest BCUT2D eigenvalue weighted by Crippen LogP contribution is -2.19. The van der Waals surface area contributed by atoms with Gasteiger partial charge in [0.1, 0.15) is 11.0 Å². The number of para-hydroxylation sites is 1. The Balaban J connectivity index is 0.000000576. The van der Waals surface area contributed by atoms with Crippen LogP contribution in [0.3, 0.4) is 0 Å². The molecule has 0 aliphatic heterocycles. The van der Waals surface area contributed by atoms with Crippen LogP contribution in [-0.2, 0) is 0 Å². The number of H-pyrrole nitrogens is 1. The van der Waals surface area contributed by atoms with Gasteiger partial charge in [-0.1, -0.05) is 85.0 Å². The Hall–Kier alpha value is -4.58. The van der Waals surface area contributed by atoms with Crippen LogP contribution in [0.4, 0.5) is 0 Å². The summed E-state index contributed by atoms with van der Waals surface area (Å²) in [5.74, 6) is 0. The molecule has 4 aromatic heterocycles. The Morgan fingerprint density at radius 2 is 1.02 bits per heavy atom. The fraction of sp³-hybridized carbons (Fsp3) is 0.257. The van der Waals surface area contributed by atoms with E-state index in [1.165, 1.54) is 11.1 Å². The average Bonchev–Trinajstić information content (AvgIpc) is 3.65. The van der Waals surface area contributed by atoms with E-state index < -0.39 is 0 Å². The molecule has 1 N–H and O–H groups in total. The Morgan fingerprint density at radius 3 is 1.54 bits per heavy atom. The van der Waals surface area contributed by atoms with E-state index >= 15 is 0 Å². The maximum Gasteiger partial charge on any atom is 0.279 e. The monoisotopic (exact) mass is 556 g/mol. The Bertz CT molecular complexity index is 1660. The molecule has 6 aromatic rings. The summed E-state index contributed by atoms with van der Waals surface area (Å²) in [5.41, 5.74) is 6.09. The zero-order valence-electron chi connectivity index (χ0n) is 24.1. The lowest BCUT2D eigenvalue weighted by Gasteiger charge is -2.09. The first-order chi connectivity index (χ1) is 19.0. The minimum atomic E-state index is -0.0486. The number of hydrogen-bond donors (Lipinski definition) is 1. The molecule has 220 valence electrons. The van der Waals surface area contributed by atoms with Crippen molar-refractivity contribution in [1.29, 1.82) is 0 Å². The van der Waals surface area contributed by atoms with Crippen molar-refractivity contribution in [3.63, 3.8) is 0 Å². The van der Waals surface area contributed by atoms with Crippen molar-refractivity contribution in [3.05, 3.63) is 147 Å². The molecule has 0 spiro atoms. The molecular weight excluding hydrogens is 508 g/mol. The molecule has 0 saturated carbocycles. The second kappa shape index (κ2) is 18.7. The van der Waals surface area contributed by atoms with E-state index in [0.717, 1.165) is 11.3 Å². The Morgan fingerprint density at radius 1 is 0.537 bits per heavy atom. The van der Waals surface area contributed by atoms with Crippen molar-refractivity contribution >= 4 is 11.0 Å². The van der Waals surface area contributed by atoms with E-state index in [1.807, 2.05) is 100 Å². The average molecular weight is 557 g/mol. The molecule has 0 unspecified atom stereocenters. The van der Waals surface area contributed by atoms with Gasteiger partial charge in [-0.3, -0.25) is 14.2 Å². The third-order valence-electron chi connectivity index (χ3n) is 5.85. The largest absolute Gasteiger partial charge is 0.326 e. The molecule has 0 bridgehead atoms. The molecule has 0 radical (unpaired) electrons. The first kappa shape index (κ1) is 36.4. The van der Waals surface area contributed by atoms with Crippen LogP contribution in [-0.4, -0.2) is 18.4 Å². The smallest absolute Gasteiger partial charge is 0.279 e. The van der Waals surface area contributed by atoms with Crippen molar-refractivity contribution < 1.29 is 0 Å². The second-order valence-corrected chi connectivity index (χ2v) is 8.23. The molecule has 6 heteroatoms. The van der Waals surface area contributed by atoms with E-state index in [2.05, 4.69) is 43.1 Å². The van der Waals surface area contributed by atoms with E-state index in [4.69, 9.17) is 0 Å². The van der Waals surface area contributed by atoms with Crippen LogP contribution < -0.4 is 11.1 Å². The Kier molecular flexibility index (Phi) is 16.6. The number of benzene rings is 2. The van der Waals surface area contributed by atoms with Gasteiger partial charge in [-0.2, -0.15) is 0 Å². The molecule has 41 heavy (non-hydrogen) atoms. The maximum absolute atomic E-state index is 12.3. The maximum atomic E-state index is 12.3. The van der Waals surface area contributed by atoms with E-state index in [-0.39, 0.29) is 26.0 Å². The zero-order chi connectivity index (χ0) is 28.8.